The molecule has 17 heavy (non-hydrogen) atoms. The summed E-state index contributed by atoms with van der Waals surface area (Å²) in [6.45, 7) is 10.7. The van der Waals surface area contributed by atoms with E-state index in [1.165, 1.54) is 11.3 Å². The second-order valence-corrected chi connectivity index (χ2v) is 5.54. The van der Waals surface area contributed by atoms with E-state index < -0.39 is 0 Å². The highest BCUT2D eigenvalue weighted by Gasteiger charge is 2.27. The van der Waals surface area contributed by atoms with Crippen molar-refractivity contribution in [3.05, 3.63) is 23.0 Å². The van der Waals surface area contributed by atoms with E-state index in [1.54, 1.807) is 0 Å². The summed E-state index contributed by atoms with van der Waals surface area (Å²) in [5.41, 5.74) is 9.79. The van der Waals surface area contributed by atoms with Crippen LogP contribution in [-0.2, 0) is 4.74 Å². The first-order valence-electron chi connectivity index (χ1n) is 6.54. The van der Waals surface area contributed by atoms with Crippen LogP contribution in [0.15, 0.2) is 23.0 Å². The van der Waals surface area contributed by atoms with Crippen LogP contribution in [0.25, 0.3) is 0 Å². The topological polar surface area (TPSA) is 38.5 Å². The van der Waals surface area contributed by atoms with Gasteiger partial charge in [-0.15, -0.1) is 0 Å². The lowest BCUT2D eigenvalue weighted by molar-refractivity contribution is -0.0593. The maximum Gasteiger partial charge on any atom is 0.0726 e. The molecule has 0 radical (unpaired) electrons. The van der Waals surface area contributed by atoms with E-state index in [2.05, 4.69) is 38.7 Å². The Hall–Kier alpha value is -0.960. The van der Waals surface area contributed by atoms with Gasteiger partial charge in [0.05, 0.1) is 12.2 Å². The molecule has 3 heteroatoms. The van der Waals surface area contributed by atoms with Crippen molar-refractivity contribution in [2.75, 3.05) is 13.1 Å². The van der Waals surface area contributed by atoms with Crippen LogP contribution in [0.1, 0.15) is 34.1 Å². The Kier molecular flexibility index (Phi) is 3.48. The highest BCUT2D eigenvalue weighted by Crippen LogP contribution is 2.30. The second-order valence-electron chi connectivity index (χ2n) is 5.54. The number of allylic oxidation sites excluding steroid dienone is 4. The van der Waals surface area contributed by atoms with Crippen LogP contribution < -0.4 is 5.73 Å². The molecule has 1 aliphatic carbocycles. The molecule has 1 fully saturated rings. The number of nitrogens with two attached hydrogens (primary N) is 1. The molecular weight excluding hydrogens is 212 g/mol. The molecule has 2 aliphatic rings. The highest BCUT2D eigenvalue weighted by atomic mass is 16.5. The maximum atomic E-state index is 6.00. The van der Waals surface area contributed by atoms with Gasteiger partial charge in [-0.25, -0.2) is 0 Å². The van der Waals surface area contributed by atoms with E-state index in [0.29, 0.717) is 18.1 Å². The minimum atomic E-state index is 0.317. The molecule has 3 unspecified atom stereocenters. The molecular formula is C14H24N2O. The van der Waals surface area contributed by atoms with Gasteiger partial charge in [0.15, 0.2) is 0 Å². The quantitative estimate of drug-likeness (QED) is 0.759. The van der Waals surface area contributed by atoms with Crippen molar-refractivity contribution in [1.29, 1.82) is 0 Å². The number of rotatable bonds is 1. The van der Waals surface area contributed by atoms with E-state index in [1.807, 2.05) is 0 Å². The number of hydrogen-bond acceptors (Lipinski definition) is 3. The smallest absolute Gasteiger partial charge is 0.0726 e. The molecule has 1 aliphatic heterocycles. The summed E-state index contributed by atoms with van der Waals surface area (Å²) >= 11 is 0. The molecule has 0 amide bonds. The van der Waals surface area contributed by atoms with Crippen molar-refractivity contribution >= 4 is 0 Å². The van der Waals surface area contributed by atoms with Gasteiger partial charge in [0.1, 0.15) is 0 Å². The predicted octanol–water partition coefficient (Wildman–Crippen LogP) is 2.25. The maximum absolute atomic E-state index is 6.00. The van der Waals surface area contributed by atoms with E-state index in [-0.39, 0.29) is 0 Å². The third-order valence-electron chi connectivity index (χ3n) is 3.71. The number of nitrogens with zero attached hydrogens (tertiary/aromatic N) is 1. The van der Waals surface area contributed by atoms with Crippen LogP contribution in [0.4, 0.5) is 0 Å². The largest absolute Gasteiger partial charge is 0.402 e. The highest BCUT2D eigenvalue weighted by molar-refractivity contribution is 5.32. The normalized spacial score (nSPS) is 34.9. The fourth-order valence-electron chi connectivity index (χ4n) is 2.82. The predicted molar refractivity (Wildman–Crippen MR) is 70.3 cm³/mol. The lowest BCUT2D eigenvalue weighted by atomic mass is 9.91. The second kappa shape index (κ2) is 4.73. The summed E-state index contributed by atoms with van der Waals surface area (Å²) in [4.78, 5) is 2.48. The molecule has 3 nitrogen and oxygen atoms in total. The standard InChI is InChI=1S/C14H24N2O/c1-9-6-14(10(2)5-13(9)15)16-7-11(3)17-12(4)8-16/h5,9,11-12H,6-8,15H2,1-4H3. The van der Waals surface area contributed by atoms with Gasteiger partial charge in [-0.2, -0.15) is 0 Å². The van der Waals surface area contributed by atoms with Crippen molar-refractivity contribution < 1.29 is 4.74 Å². The van der Waals surface area contributed by atoms with E-state index >= 15 is 0 Å². The average Bonchev–Trinajstić information content (AvgIpc) is 2.22. The number of hydrogen-bond donors (Lipinski definition) is 1. The van der Waals surface area contributed by atoms with E-state index in [4.69, 9.17) is 10.5 Å². The van der Waals surface area contributed by atoms with Crippen LogP contribution in [0.2, 0.25) is 0 Å². The van der Waals surface area contributed by atoms with E-state index in [9.17, 15) is 0 Å². The van der Waals surface area contributed by atoms with Crippen molar-refractivity contribution in [3.8, 4) is 0 Å². The zero-order chi connectivity index (χ0) is 12.6. The zero-order valence-electron chi connectivity index (χ0n) is 11.4. The Morgan fingerprint density at radius 2 is 1.82 bits per heavy atom. The van der Waals surface area contributed by atoms with Gasteiger partial charge in [0.2, 0.25) is 0 Å². The first kappa shape index (κ1) is 12.5. The average molecular weight is 236 g/mol. The van der Waals surface area contributed by atoms with Gasteiger partial charge in [-0.3, -0.25) is 0 Å². The Morgan fingerprint density at radius 1 is 1.24 bits per heavy atom. The number of ether oxygens (including phenoxy) is 1. The molecule has 2 N–H and O–H groups in total. The summed E-state index contributed by atoms with van der Waals surface area (Å²) < 4.78 is 5.79. The fraction of sp³-hybridized carbons (Fsp3) is 0.714. The molecule has 1 heterocycles. The van der Waals surface area contributed by atoms with Gasteiger partial charge in [-0.1, -0.05) is 6.92 Å². The molecule has 0 bridgehead atoms. The molecule has 2 rings (SSSR count). The van der Waals surface area contributed by atoms with Gasteiger partial charge in [-0.05, 0) is 38.8 Å². The van der Waals surface area contributed by atoms with Crippen LogP contribution >= 0.6 is 0 Å². The first-order valence-corrected chi connectivity index (χ1v) is 6.54. The van der Waals surface area contributed by atoms with Gasteiger partial charge in [0, 0.05) is 30.4 Å². The molecule has 0 spiro atoms. The fourth-order valence-corrected chi connectivity index (χ4v) is 2.82. The monoisotopic (exact) mass is 236 g/mol. The molecule has 0 aromatic heterocycles. The summed E-state index contributed by atoms with van der Waals surface area (Å²) in [6, 6.07) is 0. The van der Waals surface area contributed by atoms with Gasteiger partial charge >= 0.3 is 0 Å². The molecule has 0 aromatic rings. The van der Waals surface area contributed by atoms with Crippen LogP contribution in [0, 0.1) is 5.92 Å². The lowest BCUT2D eigenvalue weighted by Crippen LogP contribution is -2.45. The molecule has 0 saturated carbocycles. The first-order chi connectivity index (χ1) is 7.97. The van der Waals surface area contributed by atoms with Crippen molar-refractivity contribution in [3.63, 3.8) is 0 Å². The van der Waals surface area contributed by atoms with Crippen LogP contribution in [0.5, 0.6) is 0 Å². The Labute approximate surface area is 104 Å². The summed E-state index contributed by atoms with van der Waals surface area (Å²) in [5.74, 6) is 0.460. The molecule has 3 atom stereocenters. The Bertz CT molecular complexity index is 349. The third kappa shape index (κ3) is 2.65. The summed E-state index contributed by atoms with van der Waals surface area (Å²) in [5, 5.41) is 0. The minimum Gasteiger partial charge on any atom is -0.402 e. The number of morpholine rings is 1. The van der Waals surface area contributed by atoms with Gasteiger partial charge < -0.3 is 15.4 Å². The lowest BCUT2D eigenvalue weighted by Gasteiger charge is -2.40. The third-order valence-corrected chi connectivity index (χ3v) is 3.71. The van der Waals surface area contributed by atoms with Crippen molar-refractivity contribution in [2.45, 2.75) is 46.3 Å². The van der Waals surface area contributed by atoms with E-state index in [0.717, 1.165) is 25.2 Å². The van der Waals surface area contributed by atoms with Crippen LogP contribution in [-0.4, -0.2) is 30.2 Å². The SMILES string of the molecule is CC1=C(N2CC(C)OC(C)C2)CC(C)C(N)=C1. The Morgan fingerprint density at radius 3 is 2.41 bits per heavy atom. The summed E-state index contributed by atoms with van der Waals surface area (Å²) in [7, 11) is 0. The van der Waals surface area contributed by atoms with Crippen LogP contribution in [0.3, 0.4) is 0 Å². The Balaban J connectivity index is 2.19. The zero-order valence-corrected chi connectivity index (χ0v) is 11.4. The summed E-state index contributed by atoms with van der Waals surface area (Å²) in [6.07, 6.45) is 3.83. The minimum absolute atomic E-state index is 0.317. The molecule has 96 valence electrons. The molecule has 1 saturated heterocycles. The van der Waals surface area contributed by atoms with Crippen molar-refractivity contribution in [2.24, 2.45) is 11.7 Å². The molecule has 0 aromatic carbocycles. The van der Waals surface area contributed by atoms with Crippen molar-refractivity contribution in [1.82, 2.24) is 4.90 Å². The van der Waals surface area contributed by atoms with Gasteiger partial charge in [0.25, 0.3) is 0 Å².